The third-order valence-electron chi connectivity index (χ3n) is 2.78. The van der Waals surface area contributed by atoms with Crippen LogP contribution in [-0.2, 0) is 19.1 Å². The first kappa shape index (κ1) is 18.4. The molecule has 0 saturated carbocycles. The van der Waals surface area contributed by atoms with Gasteiger partial charge in [-0.2, -0.15) is 0 Å². The largest absolute Gasteiger partial charge is 0.469 e. The number of carbonyl (C=O) groups excluding carboxylic acids is 2. The Bertz CT molecular complexity index is 318. The van der Waals surface area contributed by atoms with Gasteiger partial charge in [0.05, 0.1) is 26.2 Å². The number of carbonyl (C=O) groups is 2. The summed E-state index contributed by atoms with van der Waals surface area (Å²) in [5, 5.41) is 0. The van der Waals surface area contributed by atoms with Gasteiger partial charge in [0.2, 0.25) is 0 Å². The molecule has 0 aliphatic heterocycles. The van der Waals surface area contributed by atoms with E-state index in [1.807, 2.05) is 13.0 Å². The molecule has 0 aliphatic rings. The van der Waals surface area contributed by atoms with Crippen LogP contribution in [0.15, 0.2) is 24.5 Å². The van der Waals surface area contributed by atoms with E-state index < -0.39 is 11.9 Å². The molecule has 0 radical (unpaired) electrons. The number of unbranched alkanes of at least 4 members (excludes halogenated alkanes) is 5. The Labute approximate surface area is 121 Å². The molecule has 0 aromatic rings. The number of allylic oxidation sites excluding steroid dienone is 3. The van der Waals surface area contributed by atoms with Crippen LogP contribution in [0.1, 0.15) is 58.3 Å². The van der Waals surface area contributed by atoms with Crippen molar-refractivity contribution in [3.63, 3.8) is 0 Å². The van der Waals surface area contributed by atoms with Crippen LogP contribution in [0.2, 0.25) is 0 Å². The second kappa shape index (κ2) is 13.8. The van der Waals surface area contributed by atoms with Crippen molar-refractivity contribution < 1.29 is 19.1 Å². The number of methoxy groups -OCH3 is 1. The minimum absolute atomic E-state index is 0.0575. The SMILES string of the molecule is C/C=C/CCCCCC/C=C/OC(=O)CCC(=O)OC. The third kappa shape index (κ3) is 12.9. The summed E-state index contributed by atoms with van der Waals surface area (Å²) in [6.45, 7) is 2.04. The number of ether oxygens (including phenoxy) is 2. The van der Waals surface area contributed by atoms with E-state index >= 15 is 0 Å². The van der Waals surface area contributed by atoms with Gasteiger partial charge in [0.15, 0.2) is 0 Å². The van der Waals surface area contributed by atoms with Crippen LogP contribution in [-0.4, -0.2) is 19.0 Å². The van der Waals surface area contributed by atoms with Gasteiger partial charge in [-0.3, -0.25) is 9.59 Å². The molecule has 20 heavy (non-hydrogen) atoms. The zero-order chi connectivity index (χ0) is 15.1. The molecule has 0 atom stereocenters. The number of rotatable bonds is 11. The molecule has 0 fully saturated rings. The van der Waals surface area contributed by atoms with E-state index in [1.165, 1.54) is 32.6 Å². The molecule has 4 nitrogen and oxygen atoms in total. The summed E-state index contributed by atoms with van der Waals surface area (Å²) in [5.74, 6) is -0.804. The zero-order valence-electron chi connectivity index (χ0n) is 12.6. The van der Waals surface area contributed by atoms with Crippen LogP contribution in [0.5, 0.6) is 0 Å². The van der Waals surface area contributed by atoms with Crippen molar-refractivity contribution in [2.45, 2.75) is 58.3 Å². The molecule has 0 heterocycles. The Morgan fingerprint density at radius 3 is 2.10 bits per heavy atom. The molecule has 114 valence electrons. The molecule has 0 N–H and O–H groups in total. The van der Waals surface area contributed by atoms with E-state index in [2.05, 4.69) is 16.9 Å². The van der Waals surface area contributed by atoms with Crippen LogP contribution in [0.4, 0.5) is 0 Å². The lowest BCUT2D eigenvalue weighted by Gasteiger charge is -1.99. The van der Waals surface area contributed by atoms with Crippen LogP contribution in [0.25, 0.3) is 0 Å². The fourth-order valence-electron chi connectivity index (χ4n) is 1.60. The molecule has 0 spiro atoms. The van der Waals surface area contributed by atoms with Crippen molar-refractivity contribution in [1.82, 2.24) is 0 Å². The van der Waals surface area contributed by atoms with E-state index in [0.29, 0.717) is 0 Å². The first-order valence-corrected chi connectivity index (χ1v) is 7.23. The van der Waals surface area contributed by atoms with Gasteiger partial charge in [-0.05, 0) is 38.7 Å². The highest BCUT2D eigenvalue weighted by Gasteiger charge is 2.06. The molecular formula is C16H26O4. The lowest BCUT2D eigenvalue weighted by atomic mass is 10.1. The van der Waals surface area contributed by atoms with Gasteiger partial charge in [0, 0.05) is 0 Å². The molecule has 0 amide bonds. The summed E-state index contributed by atoms with van der Waals surface area (Å²) >= 11 is 0. The van der Waals surface area contributed by atoms with E-state index in [9.17, 15) is 9.59 Å². The van der Waals surface area contributed by atoms with Gasteiger partial charge in [0.25, 0.3) is 0 Å². The molecule has 0 saturated heterocycles. The molecular weight excluding hydrogens is 256 g/mol. The van der Waals surface area contributed by atoms with E-state index in [-0.39, 0.29) is 12.8 Å². The van der Waals surface area contributed by atoms with Crippen molar-refractivity contribution in [1.29, 1.82) is 0 Å². The Morgan fingerprint density at radius 1 is 0.900 bits per heavy atom. The van der Waals surface area contributed by atoms with Crippen molar-refractivity contribution in [2.24, 2.45) is 0 Å². The summed E-state index contributed by atoms with van der Waals surface area (Å²) in [6.07, 6.45) is 14.5. The highest BCUT2D eigenvalue weighted by Crippen LogP contribution is 2.06. The fourth-order valence-corrected chi connectivity index (χ4v) is 1.60. The molecule has 0 aromatic carbocycles. The standard InChI is InChI=1S/C16H26O4/c1-3-4-5-6-7-8-9-10-11-14-20-16(18)13-12-15(17)19-2/h3-4,11,14H,5-10,12-13H2,1-2H3/b4-3+,14-11+. The van der Waals surface area contributed by atoms with Crippen molar-refractivity contribution in [2.75, 3.05) is 7.11 Å². The maximum atomic E-state index is 11.2. The predicted molar refractivity (Wildman–Crippen MR) is 79.0 cm³/mol. The van der Waals surface area contributed by atoms with Crippen LogP contribution >= 0.6 is 0 Å². The van der Waals surface area contributed by atoms with Gasteiger partial charge in [-0.15, -0.1) is 0 Å². The molecule has 0 rings (SSSR count). The Kier molecular flexibility index (Phi) is 12.7. The molecule has 0 bridgehead atoms. The number of hydrogen-bond acceptors (Lipinski definition) is 4. The molecule has 4 heteroatoms. The monoisotopic (exact) mass is 282 g/mol. The normalized spacial score (nSPS) is 11.1. The number of esters is 2. The highest BCUT2D eigenvalue weighted by molar-refractivity contribution is 5.77. The van der Waals surface area contributed by atoms with Gasteiger partial charge < -0.3 is 9.47 Å². The summed E-state index contributed by atoms with van der Waals surface area (Å²) in [6, 6.07) is 0. The number of hydrogen-bond donors (Lipinski definition) is 0. The Balaban J connectivity index is 3.38. The van der Waals surface area contributed by atoms with E-state index in [1.54, 1.807) is 0 Å². The minimum atomic E-state index is -0.405. The van der Waals surface area contributed by atoms with Crippen LogP contribution in [0, 0.1) is 0 Å². The maximum Gasteiger partial charge on any atom is 0.311 e. The topological polar surface area (TPSA) is 52.6 Å². The van der Waals surface area contributed by atoms with Crippen molar-refractivity contribution >= 4 is 11.9 Å². The highest BCUT2D eigenvalue weighted by atomic mass is 16.5. The van der Waals surface area contributed by atoms with Gasteiger partial charge in [-0.1, -0.05) is 25.0 Å². The summed E-state index contributed by atoms with van der Waals surface area (Å²) in [7, 11) is 1.30. The maximum absolute atomic E-state index is 11.2. The first-order chi connectivity index (χ1) is 9.70. The second-order valence-electron chi connectivity index (χ2n) is 4.50. The first-order valence-electron chi connectivity index (χ1n) is 7.23. The summed E-state index contributed by atoms with van der Waals surface area (Å²) < 4.78 is 9.30. The quantitative estimate of drug-likeness (QED) is 0.249. The summed E-state index contributed by atoms with van der Waals surface area (Å²) in [5.41, 5.74) is 0. The van der Waals surface area contributed by atoms with Crippen LogP contribution in [0.3, 0.4) is 0 Å². The molecule has 0 aliphatic carbocycles. The lowest BCUT2D eigenvalue weighted by molar-refractivity contribution is -0.145. The van der Waals surface area contributed by atoms with Gasteiger partial charge >= 0.3 is 11.9 Å². The van der Waals surface area contributed by atoms with Crippen molar-refractivity contribution in [3.05, 3.63) is 24.5 Å². The summed E-state index contributed by atoms with van der Waals surface area (Å²) in [4.78, 5) is 22.0. The van der Waals surface area contributed by atoms with Crippen molar-refractivity contribution in [3.8, 4) is 0 Å². The Hall–Kier alpha value is -1.58. The molecule has 0 aromatic heterocycles. The fraction of sp³-hybridized carbons (Fsp3) is 0.625. The van der Waals surface area contributed by atoms with E-state index in [0.717, 1.165) is 19.3 Å². The average molecular weight is 282 g/mol. The minimum Gasteiger partial charge on any atom is -0.469 e. The smallest absolute Gasteiger partial charge is 0.311 e. The second-order valence-corrected chi connectivity index (χ2v) is 4.50. The van der Waals surface area contributed by atoms with Crippen LogP contribution < -0.4 is 0 Å². The predicted octanol–water partition coefficient (Wildman–Crippen LogP) is 3.91. The average Bonchev–Trinajstić information content (AvgIpc) is 2.46. The van der Waals surface area contributed by atoms with Gasteiger partial charge in [0.1, 0.15) is 0 Å². The third-order valence-corrected chi connectivity index (χ3v) is 2.78. The van der Waals surface area contributed by atoms with E-state index in [4.69, 9.17) is 4.74 Å². The zero-order valence-corrected chi connectivity index (χ0v) is 12.6. The van der Waals surface area contributed by atoms with Gasteiger partial charge in [-0.25, -0.2) is 0 Å². The molecule has 0 unspecified atom stereocenters. The Morgan fingerprint density at radius 2 is 1.50 bits per heavy atom. The lowest BCUT2D eigenvalue weighted by Crippen LogP contribution is -2.06.